The van der Waals surface area contributed by atoms with Crippen molar-refractivity contribution < 1.29 is 31.5 Å². The molecule has 3 nitrogen and oxygen atoms in total. The Morgan fingerprint density at radius 2 is 1.71 bits per heavy atom. The summed E-state index contributed by atoms with van der Waals surface area (Å²) in [7, 11) is 0. The Morgan fingerprint density at radius 3 is 2.25 bits per heavy atom. The molecule has 0 aliphatic carbocycles. The average Bonchev–Trinajstić information content (AvgIpc) is 2.45. The van der Waals surface area contributed by atoms with Crippen molar-refractivity contribution in [2.24, 2.45) is 0 Å². The number of benzene rings is 2. The second kappa shape index (κ2) is 6.86. The van der Waals surface area contributed by atoms with Crippen molar-refractivity contribution in [3.05, 3.63) is 65.2 Å². The molecule has 2 aromatic carbocycles. The van der Waals surface area contributed by atoms with Gasteiger partial charge in [0.15, 0.2) is 0 Å². The number of ether oxygens (including phenoxy) is 1. The summed E-state index contributed by atoms with van der Waals surface area (Å²) in [6, 6.07) is 6.47. The smallest absolute Gasteiger partial charge is 0.406 e. The summed E-state index contributed by atoms with van der Waals surface area (Å²) in [5.41, 5.74) is 0.153. The fourth-order valence-electron chi connectivity index (χ4n) is 2.02. The summed E-state index contributed by atoms with van der Waals surface area (Å²) in [5.74, 6) is -2.63. The first kappa shape index (κ1) is 17.7. The molecule has 0 fully saturated rings. The summed E-state index contributed by atoms with van der Waals surface area (Å²) in [5, 5.41) is 2.48. The summed E-state index contributed by atoms with van der Waals surface area (Å²) >= 11 is 0. The third-order valence-corrected chi connectivity index (χ3v) is 3.13. The van der Waals surface area contributed by atoms with Gasteiger partial charge in [-0.3, -0.25) is 4.79 Å². The molecule has 0 aliphatic rings. The van der Waals surface area contributed by atoms with Crippen LogP contribution in [0.5, 0.6) is 5.75 Å². The van der Waals surface area contributed by atoms with Gasteiger partial charge in [-0.2, -0.15) is 0 Å². The van der Waals surface area contributed by atoms with E-state index in [0.717, 1.165) is 30.3 Å². The molecule has 2 rings (SSSR count). The van der Waals surface area contributed by atoms with Gasteiger partial charge in [0.2, 0.25) is 0 Å². The van der Waals surface area contributed by atoms with E-state index >= 15 is 0 Å². The van der Waals surface area contributed by atoms with E-state index in [9.17, 15) is 26.7 Å². The SMILES string of the molecule is C[C@H](NC(=O)c1ccc(OC(F)(F)F)cc1)c1ccc(F)cc1F. The first-order valence-electron chi connectivity index (χ1n) is 6.77. The minimum absolute atomic E-state index is 0.0684. The predicted molar refractivity (Wildman–Crippen MR) is 75.4 cm³/mol. The van der Waals surface area contributed by atoms with E-state index in [1.165, 1.54) is 13.0 Å². The number of halogens is 5. The van der Waals surface area contributed by atoms with Crippen LogP contribution in [0, 0.1) is 11.6 Å². The maximum absolute atomic E-state index is 13.6. The third kappa shape index (κ3) is 4.68. The van der Waals surface area contributed by atoms with Crippen LogP contribution in [0.15, 0.2) is 42.5 Å². The zero-order chi connectivity index (χ0) is 17.9. The molecular formula is C16H12F5NO2. The van der Waals surface area contributed by atoms with Crippen LogP contribution in [-0.4, -0.2) is 12.3 Å². The van der Waals surface area contributed by atoms with E-state index < -0.39 is 35.7 Å². The Labute approximate surface area is 134 Å². The maximum atomic E-state index is 13.6. The van der Waals surface area contributed by atoms with Gasteiger partial charge in [-0.1, -0.05) is 6.07 Å². The number of hydrogen-bond acceptors (Lipinski definition) is 2. The molecule has 0 unspecified atom stereocenters. The maximum Gasteiger partial charge on any atom is 0.573 e. The molecule has 128 valence electrons. The van der Waals surface area contributed by atoms with Crippen molar-refractivity contribution in [2.75, 3.05) is 0 Å². The molecule has 0 saturated heterocycles. The quantitative estimate of drug-likeness (QED) is 0.837. The third-order valence-electron chi connectivity index (χ3n) is 3.13. The van der Waals surface area contributed by atoms with E-state index in [0.29, 0.717) is 6.07 Å². The fraction of sp³-hybridized carbons (Fsp3) is 0.188. The molecule has 8 heteroatoms. The Bertz CT molecular complexity index is 728. The molecule has 24 heavy (non-hydrogen) atoms. The standard InChI is InChI=1S/C16H12F5NO2/c1-9(13-7-4-11(17)8-14(13)18)22-15(23)10-2-5-12(6-3-10)24-16(19,20)21/h2-9H,1H3,(H,22,23)/t9-/m0/s1. The minimum Gasteiger partial charge on any atom is -0.406 e. The van der Waals surface area contributed by atoms with Gasteiger partial charge in [-0.15, -0.1) is 13.2 Å². The van der Waals surface area contributed by atoms with E-state index in [-0.39, 0.29) is 11.1 Å². The Morgan fingerprint density at radius 1 is 1.08 bits per heavy atom. The topological polar surface area (TPSA) is 38.3 Å². The summed E-state index contributed by atoms with van der Waals surface area (Å²) in [6.07, 6.45) is -4.82. The molecule has 1 N–H and O–H groups in total. The lowest BCUT2D eigenvalue weighted by molar-refractivity contribution is -0.274. The van der Waals surface area contributed by atoms with Gasteiger partial charge < -0.3 is 10.1 Å². The van der Waals surface area contributed by atoms with E-state index in [2.05, 4.69) is 10.1 Å². The van der Waals surface area contributed by atoms with Gasteiger partial charge >= 0.3 is 6.36 Å². The van der Waals surface area contributed by atoms with Crippen molar-refractivity contribution in [1.29, 1.82) is 0 Å². The number of hydrogen-bond donors (Lipinski definition) is 1. The van der Waals surface area contributed by atoms with E-state index in [4.69, 9.17) is 0 Å². The van der Waals surface area contributed by atoms with Crippen LogP contribution in [0.25, 0.3) is 0 Å². The van der Waals surface area contributed by atoms with Crippen LogP contribution in [0.2, 0.25) is 0 Å². The molecule has 0 heterocycles. The minimum atomic E-state index is -4.82. The normalized spacial score (nSPS) is 12.6. The van der Waals surface area contributed by atoms with Crippen LogP contribution in [0.4, 0.5) is 22.0 Å². The summed E-state index contributed by atoms with van der Waals surface area (Å²) in [4.78, 5) is 12.0. The van der Waals surface area contributed by atoms with Crippen LogP contribution in [0.1, 0.15) is 28.9 Å². The lowest BCUT2D eigenvalue weighted by atomic mass is 10.1. The fourth-order valence-corrected chi connectivity index (χ4v) is 2.02. The number of alkyl halides is 3. The highest BCUT2D eigenvalue weighted by atomic mass is 19.4. The molecule has 0 saturated carbocycles. The highest BCUT2D eigenvalue weighted by Crippen LogP contribution is 2.23. The van der Waals surface area contributed by atoms with Crippen molar-refractivity contribution in [3.8, 4) is 5.75 Å². The lowest BCUT2D eigenvalue weighted by Crippen LogP contribution is -2.27. The monoisotopic (exact) mass is 345 g/mol. The van der Waals surface area contributed by atoms with Crippen molar-refractivity contribution in [1.82, 2.24) is 5.32 Å². The predicted octanol–water partition coefficient (Wildman–Crippen LogP) is 4.35. The number of nitrogens with one attached hydrogen (secondary N) is 1. The van der Waals surface area contributed by atoms with Gasteiger partial charge in [-0.05, 0) is 37.3 Å². The molecular weight excluding hydrogens is 333 g/mol. The Kier molecular flexibility index (Phi) is 5.06. The van der Waals surface area contributed by atoms with Gasteiger partial charge in [-0.25, -0.2) is 8.78 Å². The molecule has 1 atom stereocenters. The summed E-state index contributed by atoms with van der Waals surface area (Å²) in [6.45, 7) is 1.50. The number of carbonyl (C=O) groups is 1. The Balaban J connectivity index is 2.06. The van der Waals surface area contributed by atoms with Crippen molar-refractivity contribution in [2.45, 2.75) is 19.3 Å². The largest absolute Gasteiger partial charge is 0.573 e. The van der Waals surface area contributed by atoms with Crippen LogP contribution in [0.3, 0.4) is 0 Å². The number of rotatable bonds is 4. The first-order valence-corrected chi connectivity index (χ1v) is 6.77. The van der Waals surface area contributed by atoms with E-state index in [1.807, 2.05) is 0 Å². The molecule has 0 aliphatic heterocycles. The summed E-state index contributed by atoms with van der Waals surface area (Å²) < 4.78 is 66.4. The first-order chi connectivity index (χ1) is 11.2. The molecule has 0 radical (unpaired) electrons. The molecule has 1 amide bonds. The zero-order valence-corrected chi connectivity index (χ0v) is 12.3. The highest BCUT2D eigenvalue weighted by molar-refractivity contribution is 5.94. The van der Waals surface area contributed by atoms with Crippen LogP contribution in [-0.2, 0) is 0 Å². The lowest BCUT2D eigenvalue weighted by Gasteiger charge is -2.15. The molecule has 0 spiro atoms. The number of amides is 1. The highest BCUT2D eigenvalue weighted by Gasteiger charge is 2.31. The molecule has 0 aromatic heterocycles. The average molecular weight is 345 g/mol. The molecule has 2 aromatic rings. The number of carbonyl (C=O) groups excluding carboxylic acids is 1. The molecule has 0 bridgehead atoms. The second-order valence-corrected chi connectivity index (χ2v) is 4.93. The van der Waals surface area contributed by atoms with Gasteiger partial charge in [0, 0.05) is 17.2 Å². The van der Waals surface area contributed by atoms with E-state index in [1.54, 1.807) is 0 Å². The zero-order valence-electron chi connectivity index (χ0n) is 12.3. The van der Waals surface area contributed by atoms with Crippen LogP contribution < -0.4 is 10.1 Å². The second-order valence-electron chi connectivity index (χ2n) is 4.93. The Hall–Kier alpha value is -2.64. The van der Waals surface area contributed by atoms with Gasteiger partial charge in [0.1, 0.15) is 17.4 Å². The van der Waals surface area contributed by atoms with Gasteiger partial charge in [0.25, 0.3) is 5.91 Å². The van der Waals surface area contributed by atoms with Crippen molar-refractivity contribution >= 4 is 5.91 Å². The van der Waals surface area contributed by atoms with Crippen LogP contribution >= 0.6 is 0 Å². The van der Waals surface area contributed by atoms with Gasteiger partial charge in [0.05, 0.1) is 6.04 Å². The van der Waals surface area contributed by atoms with Crippen molar-refractivity contribution in [3.63, 3.8) is 0 Å².